The fourth-order valence-corrected chi connectivity index (χ4v) is 2.18. The number of hydrogen-bond acceptors (Lipinski definition) is 5. The van der Waals surface area contributed by atoms with Gasteiger partial charge in [0.2, 0.25) is 0 Å². The molecule has 0 spiro atoms. The number of carbonyl (C=O) groups is 3. The summed E-state index contributed by atoms with van der Waals surface area (Å²) in [6.07, 6.45) is -0.595. The summed E-state index contributed by atoms with van der Waals surface area (Å²) in [4.78, 5) is 36.1. The quantitative estimate of drug-likeness (QED) is 0.550. The van der Waals surface area contributed by atoms with Crippen LogP contribution in [0.25, 0.3) is 0 Å². The maximum Gasteiger partial charge on any atom is 0.170 e. The van der Waals surface area contributed by atoms with Crippen LogP contribution in [-0.2, 0) is 4.79 Å². The van der Waals surface area contributed by atoms with E-state index in [-0.39, 0.29) is 24.4 Å². The predicted molar refractivity (Wildman–Crippen MR) is 88.9 cm³/mol. The lowest BCUT2D eigenvalue weighted by atomic mass is 10.0. The van der Waals surface area contributed by atoms with Gasteiger partial charge in [0.15, 0.2) is 11.6 Å². The van der Waals surface area contributed by atoms with Crippen molar-refractivity contribution in [1.82, 2.24) is 0 Å². The Labute approximate surface area is 140 Å². The van der Waals surface area contributed by atoms with Gasteiger partial charge in [-0.2, -0.15) is 0 Å². The van der Waals surface area contributed by atoms with Gasteiger partial charge in [0.25, 0.3) is 0 Å². The van der Waals surface area contributed by atoms with Gasteiger partial charge >= 0.3 is 0 Å². The Balaban J connectivity index is 1.93. The van der Waals surface area contributed by atoms with Gasteiger partial charge in [-0.3, -0.25) is 14.4 Å². The number of hydrogen-bond donors (Lipinski definition) is 0. The zero-order valence-electron chi connectivity index (χ0n) is 13.6. The summed E-state index contributed by atoms with van der Waals surface area (Å²) in [7, 11) is 3.07. The van der Waals surface area contributed by atoms with Crippen LogP contribution in [0.1, 0.15) is 33.6 Å². The molecule has 24 heavy (non-hydrogen) atoms. The van der Waals surface area contributed by atoms with Crippen LogP contribution in [0.3, 0.4) is 0 Å². The summed E-state index contributed by atoms with van der Waals surface area (Å²) < 4.78 is 10.0. The topological polar surface area (TPSA) is 69.7 Å². The highest BCUT2D eigenvalue weighted by Crippen LogP contribution is 2.15. The van der Waals surface area contributed by atoms with E-state index in [9.17, 15) is 14.4 Å². The van der Waals surface area contributed by atoms with Crippen molar-refractivity contribution in [3.05, 3.63) is 59.7 Å². The molecule has 0 atom stereocenters. The zero-order valence-corrected chi connectivity index (χ0v) is 13.6. The minimum Gasteiger partial charge on any atom is -0.497 e. The maximum absolute atomic E-state index is 12.1. The number of rotatable bonds is 8. The first-order valence-electron chi connectivity index (χ1n) is 7.39. The molecule has 2 rings (SSSR count). The van der Waals surface area contributed by atoms with Crippen molar-refractivity contribution in [2.24, 2.45) is 0 Å². The van der Waals surface area contributed by atoms with Crippen molar-refractivity contribution in [2.45, 2.75) is 12.8 Å². The molecule has 0 radical (unpaired) electrons. The van der Waals surface area contributed by atoms with Crippen LogP contribution in [0, 0.1) is 0 Å². The first-order valence-corrected chi connectivity index (χ1v) is 7.39. The number of ether oxygens (including phenoxy) is 2. The Morgan fingerprint density at radius 2 is 1.00 bits per heavy atom. The van der Waals surface area contributed by atoms with Gasteiger partial charge in [0.05, 0.1) is 27.1 Å². The van der Waals surface area contributed by atoms with E-state index >= 15 is 0 Å². The smallest absolute Gasteiger partial charge is 0.170 e. The van der Waals surface area contributed by atoms with E-state index in [0.29, 0.717) is 22.6 Å². The van der Waals surface area contributed by atoms with Crippen molar-refractivity contribution in [1.29, 1.82) is 0 Å². The first-order chi connectivity index (χ1) is 11.5. The monoisotopic (exact) mass is 326 g/mol. The molecule has 0 bridgehead atoms. The van der Waals surface area contributed by atoms with Gasteiger partial charge in [0.1, 0.15) is 17.3 Å². The van der Waals surface area contributed by atoms with E-state index in [0.717, 1.165) is 0 Å². The highest BCUT2D eigenvalue weighted by molar-refractivity contribution is 6.15. The zero-order chi connectivity index (χ0) is 17.5. The summed E-state index contributed by atoms with van der Waals surface area (Å²) in [5.74, 6) is 0.229. The lowest BCUT2D eigenvalue weighted by molar-refractivity contribution is -0.117. The van der Waals surface area contributed by atoms with Crippen molar-refractivity contribution < 1.29 is 23.9 Å². The standard InChI is InChI=1S/C19H18O5/c1-23-16-7-3-13(4-8-16)18(21)11-15(20)12-19(22)14-5-9-17(24-2)10-6-14/h3-10H,11-12H2,1-2H3. The molecule has 2 aromatic carbocycles. The normalized spacial score (nSPS) is 10.1. The van der Waals surface area contributed by atoms with Gasteiger partial charge in [-0.15, -0.1) is 0 Å². The molecule has 0 saturated carbocycles. The second kappa shape index (κ2) is 8.06. The average Bonchev–Trinajstić information content (AvgIpc) is 2.61. The fourth-order valence-electron chi connectivity index (χ4n) is 2.18. The summed E-state index contributed by atoms with van der Waals surface area (Å²) in [5, 5.41) is 0. The summed E-state index contributed by atoms with van der Waals surface area (Å²) in [6, 6.07) is 13.0. The SMILES string of the molecule is COc1ccc(C(=O)CC(=O)CC(=O)c2ccc(OC)cc2)cc1. The van der Waals surface area contributed by atoms with Gasteiger partial charge in [-0.1, -0.05) is 0 Å². The molecule has 0 aliphatic carbocycles. The third kappa shape index (κ3) is 4.52. The number of carbonyl (C=O) groups excluding carboxylic acids is 3. The summed E-state index contributed by atoms with van der Waals surface area (Å²) in [6.45, 7) is 0. The Hall–Kier alpha value is -2.95. The molecular weight excluding hydrogens is 308 g/mol. The first kappa shape index (κ1) is 17.4. The average molecular weight is 326 g/mol. The van der Waals surface area contributed by atoms with E-state index in [1.54, 1.807) is 48.5 Å². The van der Waals surface area contributed by atoms with Gasteiger partial charge in [-0.25, -0.2) is 0 Å². The van der Waals surface area contributed by atoms with Gasteiger partial charge in [-0.05, 0) is 48.5 Å². The third-order valence-corrected chi connectivity index (χ3v) is 3.54. The Kier molecular flexibility index (Phi) is 5.84. The van der Waals surface area contributed by atoms with Gasteiger partial charge < -0.3 is 9.47 Å². The largest absolute Gasteiger partial charge is 0.497 e. The van der Waals surface area contributed by atoms with Crippen LogP contribution in [0.2, 0.25) is 0 Å². The van der Waals surface area contributed by atoms with Crippen LogP contribution in [0.4, 0.5) is 0 Å². The van der Waals surface area contributed by atoms with Gasteiger partial charge in [0, 0.05) is 11.1 Å². The number of ketones is 3. The summed E-state index contributed by atoms with van der Waals surface area (Å²) >= 11 is 0. The van der Waals surface area contributed by atoms with Crippen molar-refractivity contribution in [3.8, 4) is 11.5 Å². The molecule has 5 nitrogen and oxygen atoms in total. The van der Waals surface area contributed by atoms with Crippen molar-refractivity contribution in [3.63, 3.8) is 0 Å². The fraction of sp³-hybridized carbons (Fsp3) is 0.211. The van der Waals surface area contributed by atoms with Crippen LogP contribution in [0.15, 0.2) is 48.5 Å². The molecule has 5 heteroatoms. The minimum absolute atomic E-state index is 0.297. The molecule has 0 aliphatic heterocycles. The maximum atomic E-state index is 12.1. The lowest BCUT2D eigenvalue weighted by Crippen LogP contribution is -2.13. The Bertz CT molecular complexity index is 666. The molecule has 0 heterocycles. The molecule has 0 N–H and O–H groups in total. The van der Waals surface area contributed by atoms with Crippen LogP contribution in [0.5, 0.6) is 11.5 Å². The number of benzene rings is 2. The third-order valence-electron chi connectivity index (χ3n) is 3.54. The molecule has 0 fully saturated rings. The highest BCUT2D eigenvalue weighted by atomic mass is 16.5. The van der Waals surface area contributed by atoms with E-state index in [1.165, 1.54) is 14.2 Å². The lowest BCUT2D eigenvalue weighted by Gasteiger charge is -2.04. The molecule has 2 aromatic rings. The highest BCUT2D eigenvalue weighted by Gasteiger charge is 2.16. The van der Waals surface area contributed by atoms with E-state index < -0.39 is 5.78 Å². The number of methoxy groups -OCH3 is 2. The van der Waals surface area contributed by atoms with Crippen LogP contribution in [-0.4, -0.2) is 31.6 Å². The molecule has 0 saturated heterocycles. The van der Waals surface area contributed by atoms with Crippen molar-refractivity contribution in [2.75, 3.05) is 14.2 Å². The van der Waals surface area contributed by atoms with Crippen molar-refractivity contribution >= 4 is 17.3 Å². The summed E-state index contributed by atoms with van der Waals surface area (Å²) in [5.41, 5.74) is 0.835. The van der Waals surface area contributed by atoms with E-state index in [1.807, 2.05) is 0 Å². The molecule has 0 aliphatic rings. The molecule has 0 amide bonds. The molecule has 0 unspecified atom stereocenters. The molecule has 0 aromatic heterocycles. The second-order valence-electron chi connectivity index (χ2n) is 5.20. The van der Waals surface area contributed by atoms with E-state index in [2.05, 4.69) is 0 Å². The molecule has 124 valence electrons. The second-order valence-corrected chi connectivity index (χ2v) is 5.20. The predicted octanol–water partition coefficient (Wildman–Crippen LogP) is 3.12. The minimum atomic E-state index is -0.406. The Morgan fingerprint density at radius 3 is 1.29 bits per heavy atom. The number of Topliss-reactive ketones (excluding diaryl/α,β-unsaturated/α-hetero) is 3. The molecular formula is C19H18O5. The van der Waals surface area contributed by atoms with E-state index in [4.69, 9.17) is 9.47 Å². The Morgan fingerprint density at radius 1 is 0.667 bits per heavy atom. The van der Waals surface area contributed by atoms with Crippen LogP contribution < -0.4 is 9.47 Å². The van der Waals surface area contributed by atoms with Crippen LogP contribution >= 0.6 is 0 Å².